The number of nitrogens with zero attached hydrogens (tertiary/aromatic N) is 4. The van der Waals surface area contributed by atoms with E-state index >= 15 is 0 Å². The van der Waals surface area contributed by atoms with Gasteiger partial charge in [0.2, 0.25) is 0 Å². The van der Waals surface area contributed by atoms with Gasteiger partial charge in [-0.25, -0.2) is 13.9 Å². The maximum absolute atomic E-state index is 13.6. The first-order valence-corrected chi connectivity index (χ1v) is 6.67. The van der Waals surface area contributed by atoms with E-state index in [1.54, 1.807) is 13.0 Å². The van der Waals surface area contributed by atoms with E-state index in [2.05, 4.69) is 31.5 Å². The van der Waals surface area contributed by atoms with Crippen LogP contribution >= 0.6 is 15.9 Å². The number of benzene rings is 1. The summed E-state index contributed by atoms with van der Waals surface area (Å²) in [6.07, 6.45) is 0.285. The fourth-order valence-corrected chi connectivity index (χ4v) is 2.20. The molecule has 6 nitrogen and oxygen atoms in total. The SMILES string of the molecule is CCC(C)(C(=O)O)n1nnnc1-c1cccc(F)c1Br. The van der Waals surface area contributed by atoms with Crippen molar-refractivity contribution in [3.63, 3.8) is 0 Å². The molecular formula is C12H12BrFN4O2. The van der Waals surface area contributed by atoms with Crippen LogP contribution in [0.1, 0.15) is 20.3 Å². The first-order valence-electron chi connectivity index (χ1n) is 5.88. The molecule has 1 aromatic heterocycles. The maximum Gasteiger partial charge on any atom is 0.331 e. The predicted molar refractivity (Wildman–Crippen MR) is 72.5 cm³/mol. The Morgan fingerprint density at radius 2 is 2.25 bits per heavy atom. The Hall–Kier alpha value is -1.83. The second kappa shape index (κ2) is 5.28. The third-order valence-corrected chi connectivity index (χ3v) is 4.08. The van der Waals surface area contributed by atoms with Crippen LogP contribution in [-0.2, 0) is 10.3 Å². The van der Waals surface area contributed by atoms with E-state index in [-0.39, 0.29) is 16.7 Å². The number of carbonyl (C=O) groups is 1. The second-order valence-electron chi connectivity index (χ2n) is 4.45. The molecule has 1 heterocycles. The smallest absolute Gasteiger partial charge is 0.331 e. The van der Waals surface area contributed by atoms with E-state index in [4.69, 9.17) is 0 Å². The number of aliphatic carboxylic acids is 1. The molecule has 0 radical (unpaired) electrons. The summed E-state index contributed by atoms with van der Waals surface area (Å²) in [5.74, 6) is -1.32. The van der Waals surface area contributed by atoms with Crippen molar-refractivity contribution in [3.05, 3.63) is 28.5 Å². The van der Waals surface area contributed by atoms with Crippen LogP contribution in [0.2, 0.25) is 0 Å². The van der Waals surface area contributed by atoms with E-state index in [0.29, 0.717) is 5.56 Å². The third-order valence-electron chi connectivity index (χ3n) is 3.28. The quantitative estimate of drug-likeness (QED) is 0.922. The number of carboxylic acid groups (broad SMARTS) is 1. The fourth-order valence-electron chi connectivity index (χ4n) is 1.76. The zero-order valence-corrected chi connectivity index (χ0v) is 12.4. The van der Waals surface area contributed by atoms with Crippen LogP contribution < -0.4 is 0 Å². The van der Waals surface area contributed by atoms with Crippen molar-refractivity contribution in [3.8, 4) is 11.4 Å². The molecule has 0 saturated heterocycles. The van der Waals surface area contributed by atoms with E-state index in [1.165, 1.54) is 23.7 Å². The number of tetrazole rings is 1. The van der Waals surface area contributed by atoms with Gasteiger partial charge in [0, 0.05) is 5.56 Å². The lowest BCUT2D eigenvalue weighted by molar-refractivity contribution is -0.147. The van der Waals surface area contributed by atoms with Gasteiger partial charge < -0.3 is 5.11 Å². The number of aromatic nitrogens is 4. The average Bonchev–Trinajstić information content (AvgIpc) is 2.90. The molecule has 0 aliphatic heterocycles. The van der Waals surface area contributed by atoms with Crippen molar-refractivity contribution in [1.29, 1.82) is 0 Å². The summed E-state index contributed by atoms with van der Waals surface area (Å²) in [6, 6.07) is 4.42. The highest BCUT2D eigenvalue weighted by Gasteiger charge is 2.37. The summed E-state index contributed by atoms with van der Waals surface area (Å²) >= 11 is 3.13. The number of halogens is 2. The lowest BCUT2D eigenvalue weighted by Gasteiger charge is -2.24. The van der Waals surface area contributed by atoms with Gasteiger partial charge in [-0.1, -0.05) is 13.0 Å². The van der Waals surface area contributed by atoms with Crippen molar-refractivity contribution in [1.82, 2.24) is 20.2 Å². The van der Waals surface area contributed by atoms with Gasteiger partial charge in [-0.15, -0.1) is 5.10 Å². The Balaban J connectivity index is 2.65. The lowest BCUT2D eigenvalue weighted by atomic mass is 9.99. The molecule has 0 bridgehead atoms. The molecular weight excluding hydrogens is 331 g/mol. The molecule has 1 N–H and O–H groups in total. The summed E-state index contributed by atoms with van der Waals surface area (Å²) < 4.78 is 15.0. The normalized spacial score (nSPS) is 14.0. The van der Waals surface area contributed by atoms with E-state index in [9.17, 15) is 14.3 Å². The fraction of sp³-hybridized carbons (Fsp3) is 0.333. The molecule has 0 amide bonds. The molecule has 1 aromatic carbocycles. The third kappa shape index (κ3) is 2.20. The highest BCUT2D eigenvalue weighted by Crippen LogP contribution is 2.32. The van der Waals surface area contributed by atoms with Gasteiger partial charge in [-0.05, 0) is 51.8 Å². The monoisotopic (exact) mass is 342 g/mol. The van der Waals surface area contributed by atoms with Crippen LogP contribution in [0.4, 0.5) is 4.39 Å². The molecule has 1 unspecified atom stereocenters. The molecule has 0 fully saturated rings. The molecule has 0 saturated carbocycles. The highest BCUT2D eigenvalue weighted by atomic mass is 79.9. The molecule has 0 aliphatic rings. The van der Waals surface area contributed by atoms with Crippen molar-refractivity contribution < 1.29 is 14.3 Å². The second-order valence-corrected chi connectivity index (χ2v) is 5.24. The molecule has 1 atom stereocenters. The Labute approximate surface area is 122 Å². The maximum atomic E-state index is 13.6. The first-order chi connectivity index (χ1) is 9.41. The first kappa shape index (κ1) is 14.6. The van der Waals surface area contributed by atoms with Crippen molar-refractivity contribution in [2.45, 2.75) is 25.8 Å². The molecule has 0 spiro atoms. The van der Waals surface area contributed by atoms with Crippen LogP contribution in [0, 0.1) is 5.82 Å². The minimum absolute atomic E-state index is 0.194. The standard InChI is InChI=1S/C12H12BrFN4O2/c1-3-12(2,11(19)20)18-10(15-16-17-18)7-5-4-6-8(14)9(7)13/h4-6H,3H2,1-2H3,(H,19,20). The number of rotatable bonds is 4. The number of hydrogen-bond acceptors (Lipinski definition) is 4. The van der Waals surface area contributed by atoms with Gasteiger partial charge in [0.1, 0.15) is 5.82 Å². The molecule has 0 aliphatic carbocycles. The summed E-state index contributed by atoms with van der Waals surface area (Å²) in [4.78, 5) is 11.5. The van der Waals surface area contributed by atoms with Crippen molar-refractivity contribution in [2.75, 3.05) is 0 Å². The van der Waals surface area contributed by atoms with Gasteiger partial charge in [-0.2, -0.15) is 0 Å². The van der Waals surface area contributed by atoms with Gasteiger partial charge in [0.25, 0.3) is 0 Å². The van der Waals surface area contributed by atoms with Gasteiger partial charge >= 0.3 is 5.97 Å². The van der Waals surface area contributed by atoms with E-state index in [1.807, 2.05) is 0 Å². The lowest BCUT2D eigenvalue weighted by Crippen LogP contribution is -2.39. The number of carboxylic acids is 1. The Kier molecular flexibility index (Phi) is 3.85. The topological polar surface area (TPSA) is 80.9 Å². The minimum Gasteiger partial charge on any atom is -0.479 e. The van der Waals surface area contributed by atoms with Gasteiger partial charge in [0.05, 0.1) is 4.47 Å². The highest BCUT2D eigenvalue weighted by molar-refractivity contribution is 9.10. The largest absolute Gasteiger partial charge is 0.479 e. The molecule has 2 aromatic rings. The predicted octanol–water partition coefficient (Wildman–Crippen LogP) is 2.45. The molecule has 106 valence electrons. The Bertz CT molecular complexity index is 661. The Morgan fingerprint density at radius 3 is 2.85 bits per heavy atom. The number of hydrogen-bond donors (Lipinski definition) is 1. The van der Waals surface area contributed by atoms with Crippen LogP contribution in [0.25, 0.3) is 11.4 Å². The van der Waals surface area contributed by atoms with Crippen molar-refractivity contribution >= 4 is 21.9 Å². The average molecular weight is 343 g/mol. The van der Waals surface area contributed by atoms with Crippen molar-refractivity contribution in [2.24, 2.45) is 0 Å². The van der Waals surface area contributed by atoms with Crippen LogP contribution in [-0.4, -0.2) is 31.3 Å². The zero-order chi connectivity index (χ0) is 14.9. The summed E-state index contributed by atoms with van der Waals surface area (Å²) in [7, 11) is 0. The van der Waals surface area contributed by atoms with Gasteiger partial charge in [-0.3, -0.25) is 0 Å². The minimum atomic E-state index is -1.30. The van der Waals surface area contributed by atoms with Gasteiger partial charge in [0.15, 0.2) is 11.4 Å². The Morgan fingerprint density at radius 1 is 1.55 bits per heavy atom. The van der Waals surface area contributed by atoms with E-state index < -0.39 is 17.3 Å². The molecule has 2 rings (SSSR count). The summed E-state index contributed by atoms with van der Waals surface area (Å²) in [5.41, 5.74) is -0.902. The molecule has 20 heavy (non-hydrogen) atoms. The summed E-state index contributed by atoms with van der Waals surface area (Å²) in [6.45, 7) is 3.24. The van der Waals surface area contributed by atoms with Crippen LogP contribution in [0.3, 0.4) is 0 Å². The van der Waals surface area contributed by atoms with E-state index in [0.717, 1.165) is 0 Å². The zero-order valence-electron chi connectivity index (χ0n) is 10.8. The summed E-state index contributed by atoms with van der Waals surface area (Å²) in [5, 5.41) is 20.5. The molecule has 8 heteroatoms. The van der Waals surface area contributed by atoms with Crippen LogP contribution in [0.15, 0.2) is 22.7 Å². The van der Waals surface area contributed by atoms with Crippen LogP contribution in [0.5, 0.6) is 0 Å².